The summed E-state index contributed by atoms with van der Waals surface area (Å²) in [4.78, 5) is 11.5. The van der Waals surface area contributed by atoms with Crippen molar-refractivity contribution >= 4 is 6.03 Å². The van der Waals surface area contributed by atoms with E-state index >= 15 is 0 Å². The molecule has 0 spiro atoms. The van der Waals surface area contributed by atoms with E-state index in [4.69, 9.17) is 0 Å². The monoisotopic (exact) mass is 227 g/mol. The summed E-state index contributed by atoms with van der Waals surface area (Å²) >= 11 is 0. The maximum atomic E-state index is 11.5. The number of carbonyl (C=O) groups excluding carboxylic acids is 1. The van der Waals surface area contributed by atoms with Gasteiger partial charge in [-0.15, -0.1) is 0 Å². The van der Waals surface area contributed by atoms with Crippen LogP contribution in [0, 0.1) is 0 Å². The Kier molecular flexibility index (Phi) is 6.23. The number of carbonyl (C=O) groups is 1. The quantitative estimate of drug-likeness (QED) is 0.625. The summed E-state index contributed by atoms with van der Waals surface area (Å²) in [5.41, 5.74) is 0. The summed E-state index contributed by atoms with van der Waals surface area (Å²) in [7, 11) is 0. The van der Waals surface area contributed by atoms with Crippen LogP contribution < -0.4 is 16.0 Å². The van der Waals surface area contributed by atoms with E-state index in [1.165, 1.54) is 19.3 Å². The van der Waals surface area contributed by atoms with Crippen LogP contribution in [0.1, 0.15) is 46.0 Å². The first kappa shape index (κ1) is 13.3. The zero-order chi connectivity index (χ0) is 11.8. The minimum absolute atomic E-state index is 0.0162. The molecule has 4 nitrogen and oxygen atoms in total. The third kappa shape index (κ3) is 5.95. The summed E-state index contributed by atoms with van der Waals surface area (Å²) in [6, 6.07) is 0.854. The molecule has 0 bridgehead atoms. The smallest absolute Gasteiger partial charge is 0.315 e. The molecule has 1 aliphatic rings. The first-order valence-corrected chi connectivity index (χ1v) is 6.46. The van der Waals surface area contributed by atoms with Crippen molar-refractivity contribution in [3.63, 3.8) is 0 Å². The average molecular weight is 227 g/mol. The Balaban J connectivity index is 2.01. The second kappa shape index (κ2) is 7.49. The van der Waals surface area contributed by atoms with Crippen LogP contribution in [0.4, 0.5) is 4.79 Å². The van der Waals surface area contributed by atoms with E-state index in [1.54, 1.807) is 0 Å². The van der Waals surface area contributed by atoms with Gasteiger partial charge in [-0.1, -0.05) is 33.1 Å². The summed E-state index contributed by atoms with van der Waals surface area (Å²) in [6.45, 7) is 5.72. The molecule has 16 heavy (non-hydrogen) atoms. The SMILES string of the molecule is CC(C)NCCNC(=O)NC1CCCCC1. The highest BCUT2D eigenvalue weighted by Crippen LogP contribution is 2.16. The Morgan fingerprint density at radius 1 is 1.19 bits per heavy atom. The van der Waals surface area contributed by atoms with E-state index in [2.05, 4.69) is 29.8 Å². The van der Waals surface area contributed by atoms with Gasteiger partial charge in [-0.2, -0.15) is 0 Å². The molecule has 3 N–H and O–H groups in total. The highest BCUT2D eigenvalue weighted by Gasteiger charge is 2.14. The van der Waals surface area contributed by atoms with Crippen molar-refractivity contribution in [3.05, 3.63) is 0 Å². The second-order valence-electron chi connectivity index (χ2n) is 4.84. The van der Waals surface area contributed by atoms with Gasteiger partial charge in [-0.3, -0.25) is 0 Å². The van der Waals surface area contributed by atoms with Crippen LogP contribution in [-0.2, 0) is 0 Å². The number of amides is 2. The van der Waals surface area contributed by atoms with Gasteiger partial charge in [-0.05, 0) is 12.8 Å². The minimum atomic E-state index is -0.0162. The van der Waals surface area contributed by atoms with Gasteiger partial charge in [0.15, 0.2) is 0 Å². The zero-order valence-electron chi connectivity index (χ0n) is 10.5. The van der Waals surface area contributed by atoms with E-state index in [0.29, 0.717) is 18.6 Å². The van der Waals surface area contributed by atoms with Gasteiger partial charge in [0.2, 0.25) is 0 Å². The molecule has 4 heteroatoms. The van der Waals surface area contributed by atoms with Crippen molar-refractivity contribution in [2.45, 2.75) is 58.0 Å². The maximum Gasteiger partial charge on any atom is 0.315 e. The maximum absolute atomic E-state index is 11.5. The molecule has 1 fully saturated rings. The van der Waals surface area contributed by atoms with Crippen LogP contribution in [0.3, 0.4) is 0 Å². The minimum Gasteiger partial charge on any atom is -0.337 e. The molecule has 0 unspecified atom stereocenters. The van der Waals surface area contributed by atoms with Gasteiger partial charge in [-0.25, -0.2) is 4.79 Å². The fourth-order valence-electron chi connectivity index (χ4n) is 2.02. The molecule has 1 saturated carbocycles. The summed E-state index contributed by atoms with van der Waals surface area (Å²) in [5, 5.41) is 9.16. The largest absolute Gasteiger partial charge is 0.337 e. The summed E-state index contributed by atoms with van der Waals surface area (Å²) < 4.78 is 0. The summed E-state index contributed by atoms with van der Waals surface area (Å²) in [6.07, 6.45) is 6.09. The Bertz CT molecular complexity index is 200. The van der Waals surface area contributed by atoms with Crippen LogP contribution >= 0.6 is 0 Å². The molecule has 0 atom stereocenters. The number of nitrogens with one attached hydrogen (secondary N) is 3. The number of hydrogen-bond donors (Lipinski definition) is 3. The topological polar surface area (TPSA) is 53.2 Å². The van der Waals surface area contributed by atoms with E-state index in [0.717, 1.165) is 19.4 Å². The molecule has 0 heterocycles. The van der Waals surface area contributed by atoms with Crippen LogP contribution in [0.15, 0.2) is 0 Å². The third-order valence-electron chi connectivity index (χ3n) is 2.90. The van der Waals surface area contributed by atoms with Gasteiger partial charge in [0.1, 0.15) is 0 Å². The fraction of sp³-hybridized carbons (Fsp3) is 0.917. The molecule has 1 aliphatic carbocycles. The van der Waals surface area contributed by atoms with E-state index in [-0.39, 0.29) is 6.03 Å². The van der Waals surface area contributed by atoms with Crippen molar-refractivity contribution in [3.8, 4) is 0 Å². The van der Waals surface area contributed by atoms with Crippen LogP contribution in [0.5, 0.6) is 0 Å². The van der Waals surface area contributed by atoms with Gasteiger partial charge >= 0.3 is 6.03 Å². The zero-order valence-corrected chi connectivity index (χ0v) is 10.5. The Labute approximate surface area is 98.6 Å². The highest BCUT2D eigenvalue weighted by molar-refractivity contribution is 5.74. The molecular formula is C12H25N3O. The fourth-order valence-corrected chi connectivity index (χ4v) is 2.02. The van der Waals surface area contributed by atoms with Crippen molar-refractivity contribution in [2.75, 3.05) is 13.1 Å². The lowest BCUT2D eigenvalue weighted by Gasteiger charge is -2.22. The van der Waals surface area contributed by atoms with E-state index in [1.807, 2.05) is 0 Å². The standard InChI is InChI=1S/C12H25N3O/c1-10(2)13-8-9-14-12(16)15-11-6-4-3-5-7-11/h10-11,13H,3-9H2,1-2H3,(H2,14,15,16). The molecule has 0 saturated heterocycles. The summed E-state index contributed by atoms with van der Waals surface area (Å²) in [5.74, 6) is 0. The molecule has 0 aromatic rings. The number of rotatable bonds is 5. The van der Waals surface area contributed by atoms with Crippen LogP contribution in [-0.4, -0.2) is 31.2 Å². The van der Waals surface area contributed by atoms with Crippen molar-refractivity contribution in [1.29, 1.82) is 0 Å². The van der Waals surface area contributed by atoms with Crippen molar-refractivity contribution < 1.29 is 4.79 Å². The van der Waals surface area contributed by atoms with Gasteiger partial charge < -0.3 is 16.0 Å². The predicted octanol–water partition coefficient (Wildman–Crippen LogP) is 1.62. The Hall–Kier alpha value is -0.770. The van der Waals surface area contributed by atoms with Crippen molar-refractivity contribution in [1.82, 2.24) is 16.0 Å². The highest BCUT2D eigenvalue weighted by atomic mass is 16.2. The molecule has 0 aromatic carbocycles. The predicted molar refractivity (Wildman–Crippen MR) is 66.5 cm³/mol. The van der Waals surface area contributed by atoms with Gasteiger partial charge in [0.05, 0.1) is 0 Å². The second-order valence-corrected chi connectivity index (χ2v) is 4.84. The number of hydrogen-bond acceptors (Lipinski definition) is 2. The average Bonchev–Trinajstić information content (AvgIpc) is 2.25. The first-order chi connectivity index (χ1) is 7.68. The first-order valence-electron chi connectivity index (χ1n) is 6.46. The third-order valence-corrected chi connectivity index (χ3v) is 2.90. The van der Waals surface area contributed by atoms with Crippen molar-refractivity contribution in [2.24, 2.45) is 0 Å². The molecule has 0 aromatic heterocycles. The Morgan fingerprint density at radius 2 is 1.88 bits per heavy atom. The van der Waals surface area contributed by atoms with Crippen LogP contribution in [0.2, 0.25) is 0 Å². The lowest BCUT2D eigenvalue weighted by Crippen LogP contribution is -2.45. The Morgan fingerprint density at radius 3 is 2.50 bits per heavy atom. The molecule has 0 radical (unpaired) electrons. The normalized spacial score (nSPS) is 17.4. The lowest BCUT2D eigenvalue weighted by molar-refractivity contribution is 0.232. The van der Waals surface area contributed by atoms with E-state index < -0.39 is 0 Å². The lowest BCUT2D eigenvalue weighted by atomic mass is 9.96. The van der Waals surface area contributed by atoms with Gasteiger partial charge in [0, 0.05) is 25.2 Å². The number of urea groups is 1. The molecule has 1 rings (SSSR count). The van der Waals surface area contributed by atoms with Gasteiger partial charge in [0.25, 0.3) is 0 Å². The molecule has 0 aliphatic heterocycles. The molecule has 94 valence electrons. The molecular weight excluding hydrogens is 202 g/mol. The molecule has 2 amide bonds. The van der Waals surface area contributed by atoms with Crippen LogP contribution in [0.25, 0.3) is 0 Å². The van der Waals surface area contributed by atoms with E-state index in [9.17, 15) is 4.79 Å².